The second kappa shape index (κ2) is 34.7. The number of hydrogen-bond acceptors (Lipinski definition) is 5. The second-order valence-corrected chi connectivity index (χ2v) is 8.41. The highest BCUT2D eigenvalue weighted by Gasteiger charge is 2.10. The van der Waals surface area contributed by atoms with E-state index in [1.165, 1.54) is 22.9 Å². The molecular weight excluding hydrogens is 570 g/mol. The standard InChI is InChI=1S/C11H14N2O.C10H12N2.C7H10F2.C3H4.C2H6O.2C2H6/c1-14-8-11-12-9-6-4-2-3-5-7-10(9)13-11;1-2-8-5-7-12-10-9(8)4-3-6-11-10;1-2-4-7(9)5-3-6-8;2*1-3-2;2*1-2/h2,4-5,7H,3,6,8H2,1H3,(H,12,13);3-6H,2,7H2,1H3,(H,11,12);3-5H,2,6H2,1H3;1H,2H3;1-2H3;2*1-2H3/b4-2?,7-5-;;5-3-,7-4+;;;;. The van der Waals surface area contributed by atoms with E-state index in [0.717, 1.165) is 55.3 Å². The topological polar surface area (TPSA) is 72.1 Å². The van der Waals surface area contributed by atoms with E-state index < -0.39 is 6.67 Å². The quantitative estimate of drug-likeness (QED) is 0.189. The number of pyridine rings is 1. The molecule has 0 bridgehead atoms. The number of nitrogens with one attached hydrogen (secondary N) is 2. The number of alkyl halides is 1. The minimum Gasteiger partial charge on any atom is -0.388 e. The summed E-state index contributed by atoms with van der Waals surface area (Å²) in [6, 6.07) is 4.10. The molecule has 0 unspecified atom stereocenters. The first-order valence-electron chi connectivity index (χ1n) is 15.6. The van der Waals surface area contributed by atoms with Gasteiger partial charge in [-0.05, 0) is 62.1 Å². The molecule has 0 amide bonds. The van der Waals surface area contributed by atoms with Crippen molar-refractivity contribution in [1.82, 2.24) is 15.0 Å². The van der Waals surface area contributed by atoms with Gasteiger partial charge in [-0.3, -0.25) is 0 Å². The van der Waals surface area contributed by atoms with E-state index in [1.54, 1.807) is 28.3 Å². The Hall–Kier alpha value is -3.80. The number of ether oxygens (including phenoxy) is 2. The molecule has 0 radical (unpaired) electrons. The summed E-state index contributed by atoms with van der Waals surface area (Å²) >= 11 is 0. The van der Waals surface area contributed by atoms with E-state index in [4.69, 9.17) is 4.74 Å². The first-order chi connectivity index (χ1) is 21.9. The van der Waals surface area contributed by atoms with E-state index in [2.05, 4.69) is 80.7 Å². The third-order valence-electron chi connectivity index (χ3n) is 5.10. The van der Waals surface area contributed by atoms with Crippen molar-refractivity contribution in [1.29, 1.82) is 0 Å². The molecule has 0 aromatic carbocycles. The van der Waals surface area contributed by atoms with Gasteiger partial charge in [0.1, 0.15) is 30.8 Å². The SMILES string of the molecule is C#CC.CC.CC.CC/C=C(F)\C=C/CF.CCC1=CCNc2ncccc21.COC.COCc1nc2c([nH]1)CC=CC/C=C\2. The normalized spacial score (nSPS) is 12.7. The van der Waals surface area contributed by atoms with Gasteiger partial charge in [0.25, 0.3) is 0 Å². The fraction of sp³-hybridized carbons (Fsp3) is 0.459. The van der Waals surface area contributed by atoms with E-state index in [1.807, 2.05) is 46.9 Å². The fourth-order valence-corrected chi connectivity index (χ4v) is 3.47. The van der Waals surface area contributed by atoms with Crippen LogP contribution < -0.4 is 5.32 Å². The van der Waals surface area contributed by atoms with Crippen LogP contribution in [-0.4, -0.2) is 49.5 Å². The summed E-state index contributed by atoms with van der Waals surface area (Å²) in [6.07, 6.45) is 24.5. The zero-order valence-electron chi connectivity index (χ0n) is 29.3. The minimum atomic E-state index is -0.606. The van der Waals surface area contributed by atoms with Gasteiger partial charge in [0.05, 0.1) is 5.69 Å². The lowest BCUT2D eigenvalue weighted by Crippen LogP contribution is -2.09. The highest BCUT2D eigenvalue weighted by Crippen LogP contribution is 2.26. The molecule has 6 nitrogen and oxygen atoms in total. The van der Waals surface area contributed by atoms with Crippen LogP contribution in [0.25, 0.3) is 11.6 Å². The summed E-state index contributed by atoms with van der Waals surface area (Å²) in [6.45, 7) is 14.5. The lowest BCUT2D eigenvalue weighted by molar-refractivity contribution is 0.178. The number of methoxy groups -OCH3 is 2. The predicted molar refractivity (Wildman–Crippen MR) is 192 cm³/mol. The summed E-state index contributed by atoms with van der Waals surface area (Å²) in [5.41, 5.74) is 4.87. The highest BCUT2D eigenvalue weighted by molar-refractivity contribution is 5.76. The molecule has 0 saturated heterocycles. The molecule has 1 aliphatic carbocycles. The number of halogens is 2. The fourth-order valence-electron chi connectivity index (χ4n) is 3.47. The van der Waals surface area contributed by atoms with Gasteiger partial charge in [0.15, 0.2) is 0 Å². The van der Waals surface area contributed by atoms with Gasteiger partial charge in [-0.2, -0.15) is 0 Å². The molecule has 0 spiro atoms. The average Bonchev–Trinajstić information content (AvgIpc) is 3.43. The van der Waals surface area contributed by atoms with Crippen LogP contribution in [0.5, 0.6) is 0 Å². The van der Waals surface area contributed by atoms with E-state index in [-0.39, 0.29) is 5.83 Å². The van der Waals surface area contributed by atoms with Gasteiger partial charge < -0.3 is 19.8 Å². The van der Waals surface area contributed by atoms with Crippen LogP contribution >= 0.6 is 0 Å². The number of fused-ring (bicyclic) bond motifs is 2. The van der Waals surface area contributed by atoms with Crippen LogP contribution in [0.2, 0.25) is 0 Å². The Morgan fingerprint density at radius 2 is 1.78 bits per heavy atom. The maximum Gasteiger partial charge on any atom is 0.133 e. The van der Waals surface area contributed by atoms with E-state index in [9.17, 15) is 8.78 Å². The van der Waals surface area contributed by atoms with Crippen molar-refractivity contribution in [2.75, 3.05) is 39.9 Å². The number of rotatable bonds is 6. The number of allylic oxidation sites excluding steroid dienone is 8. The van der Waals surface area contributed by atoms with Crippen LogP contribution in [0.3, 0.4) is 0 Å². The third-order valence-corrected chi connectivity index (χ3v) is 5.10. The molecule has 2 aromatic heterocycles. The smallest absolute Gasteiger partial charge is 0.133 e. The molecule has 0 fully saturated rings. The van der Waals surface area contributed by atoms with Crippen LogP contribution in [0.1, 0.15) is 90.5 Å². The van der Waals surface area contributed by atoms with Crippen molar-refractivity contribution in [3.8, 4) is 12.3 Å². The maximum atomic E-state index is 12.2. The minimum absolute atomic E-state index is 0.366. The number of nitrogens with zero attached hydrogens (tertiary/aromatic N) is 2. The summed E-state index contributed by atoms with van der Waals surface area (Å²) in [7, 11) is 4.93. The molecule has 0 saturated carbocycles. The summed E-state index contributed by atoms with van der Waals surface area (Å²) < 4.78 is 32.8. The molecular formula is C37H58F2N4O2. The van der Waals surface area contributed by atoms with Gasteiger partial charge >= 0.3 is 0 Å². The second-order valence-electron chi connectivity index (χ2n) is 8.41. The van der Waals surface area contributed by atoms with Gasteiger partial charge in [0, 0.05) is 51.7 Å². The Balaban J connectivity index is -0.000000522. The lowest BCUT2D eigenvalue weighted by Gasteiger charge is -2.16. The molecule has 2 aliphatic rings. The molecule has 45 heavy (non-hydrogen) atoms. The molecule has 252 valence electrons. The van der Waals surface area contributed by atoms with Crippen molar-refractivity contribution >= 4 is 17.5 Å². The van der Waals surface area contributed by atoms with Crippen LogP contribution in [0.15, 0.2) is 66.7 Å². The van der Waals surface area contributed by atoms with Crippen molar-refractivity contribution < 1.29 is 18.3 Å². The van der Waals surface area contributed by atoms with Gasteiger partial charge in [0.2, 0.25) is 0 Å². The maximum absolute atomic E-state index is 12.2. The van der Waals surface area contributed by atoms with Crippen molar-refractivity contribution in [3.05, 3.63) is 89.5 Å². The monoisotopic (exact) mass is 628 g/mol. The third kappa shape index (κ3) is 23.3. The Bertz CT molecular complexity index is 1160. The number of anilines is 1. The van der Waals surface area contributed by atoms with Crippen molar-refractivity contribution in [2.24, 2.45) is 0 Å². The van der Waals surface area contributed by atoms with Gasteiger partial charge in [-0.15, -0.1) is 12.3 Å². The Morgan fingerprint density at radius 1 is 1.11 bits per heavy atom. The number of aromatic amines is 1. The Morgan fingerprint density at radius 3 is 2.36 bits per heavy atom. The molecule has 0 atom stereocenters. The van der Waals surface area contributed by atoms with Crippen LogP contribution in [0, 0.1) is 12.3 Å². The largest absolute Gasteiger partial charge is 0.388 e. The summed E-state index contributed by atoms with van der Waals surface area (Å²) in [5.74, 6) is 3.81. The number of aromatic nitrogens is 3. The van der Waals surface area contributed by atoms with E-state index in [0.29, 0.717) is 13.0 Å². The molecule has 2 N–H and O–H groups in total. The van der Waals surface area contributed by atoms with Gasteiger partial charge in [-0.1, -0.05) is 71.9 Å². The molecule has 2 aromatic rings. The molecule has 3 heterocycles. The Kier molecular flexibility index (Phi) is 35.2. The Labute approximate surface area is 272 Å². The average molecular weight is 629 g/mol. The summed E-state index contributed by atoms with van der Waals surface area (Å²) in [4.78, 5) is 12.0. The molecule has 4 rings (SSSR count). The van der Waals surface area contributed by atoms with Crippen LogP contribution in [-0.2, 0) is 22.5 Å². The molecule has 1 aliphatic heterocycles. The van der Waals surface area contributed by atoms with Crippen molar-refractivity contribution in [3.63, 3.8) is 0 Å². The number of imidazole rings is 1. The number of hydrogen-bond donors (Lipinski definition) is 2. The van der Waals surface area contributed by atoms with Crippen molar-refractivity contribution in [2.45, 2.75) is 80.8 Å². The van der Waals surface area contributed by atoms with E-state index >= 15 is 0 Å². The highest BCUT2D eigenvalue weighted by atomic mass is 19.1. The molecule has 8 heteroatoms. The first kappa shape index (κ1) is 45.6. The van der Waals surface area contributed by atoms with Crippen LogP contribution in [0.4, 0.5) is 14.6 Å². The lowest BCUT2D eigenvalue weighted by atomic mass is 10.0. The zero-order valence-corrected chi connectivity index (χ0v) is 29.3. The van der Waals surface area contributed by atoms with Gasteiger partial charge in [-0.25, -0.2) is 18.7 Å². The number of H-pyrrole nitrogens is 1. The zero-order chi connectivity index (χ0) is 34.7. The summed E-state index contributed by atoms with van der Waals surface area (Å²) in [5, 5.41) is 3.24. The predicted octanol–water partition coefficient (Wildman–Crippen LogP) is 10.1. The first-order valence-corrected chi connectivity index (χ1v) is 15.6. The number of terminal acetylenes is 1.